The maximum absolute atomic E-state index is 5.19. The SMILES string of the molecule is CC(C)(C)NCC(Cc1ccccc1)Cc1ccoc1. The van der Waals surface area contributed by atoms with E-state index in [2.05, 4.69) is 62.5 Å². The van der Waals surface area contributed by atoms with E-state index in [1.807, 2.05) is 6.26 Å². The van der Waals surface area contributed by atoms with E-state index >= 15 is 0 Å². The van der Waals surface area contributed by atoms with Crippen LogP contribution in [0, 0.1) is 5.92 Å². The largest absolute Gasteiger partial charge is 0.472 e. The third kappa shape index (κ3) is 5.22. The molecule has 0 aliphatic heterocycles. The highest BCUT2D eigenvalue weighted by Crippen LogP contribution is 2.16. The second-order valence-electron chi connectivity index (χ2n) is 6.52. The predicted octanol–water partition coefficient (Wildman–Crippen LogP) is 4.07. The Hall–Kier alpha value is -1.54. The Morgan fingerprint density at radius 1 is 1.00 bits per heavy atom. The fourth-order valence-corrected chi connectivity index (χ4v) is 2.36. The van der Waals surface area contributed by atoms with Crippen LogP contribution in [0.15, 0.2) is 53.3 Å². The van der Waals surface area contributed by atoms with Crippen LogP contribution < -0.4 is 5.32 Å². The molecule has 0 aliphatic carbocycles. The lowest BCUT2D eigenvalue weighted by atomic mass is 9.92. The predicted molar refractivity (Wildman–Crippen MR) is 83.8 cm³/mol. The summed E-state index contributed by atoms with van der Waals surface area (Å²) >= 11 is 0. The second-order valence-corrected chi connectivity index (χ2v) is 6.52. The molecule has 1 aromatic carbocycles. The van der Waals surface area contributed by atoms with E-state index in [0.717, 1.165) is 19.4 Å². The van der Waals surface area contributed by atoms with Crippen LogP contribution in [-0.4, -0.2) is 12.1 Å². The van der Waals surface area contributed by atoms with Crippen LogP contribution in [0.3, 0.4) is 0 Å². The Kier molecular flexibility index (Phi) is 5.02. The molecule has 0 saturated carbocycles. The normalized spacial score (nSPS) is 13.3. The number of benzene rings is 1. The molecule has 2 aromatic rings. The van der Waals surface area contributed by atoms with Gasteiger partial charge >= 0.3 is 0 Å². The molecule has 0 aliphatic rings. The zero-order valence-corrected chi connectivity index (χ0v) is 12.7. The molecule has 108 valence electrons. The van der Waals surface area contributed by atoms with Crippen molar-refractivity contribution in [2.24, 2.45) is 5.92 Å². The molecule has 0 spiro atoms. The molecule has 1 aromatic heterocycles. The van der Waals surface area contributed by atoms with Gasteiger partial charge in [-0.3, -0.25) is 0 Å². The van der Waals surface area contributed by atoms with Gasteiger partial charge in [-0.2, -0.15) is 0 Å². The van der Waals surface area contributed by atoms with Gasteiger partial charge in [0.2, 0.25) is 0 Å². The summed E-state index contributed by atoms with van der Waals surface area (Å²) in [5, 5.41) is 3.62. The zero-order valence-electron chi connectivity index (χ0n) is 12.7. The number of furan rings is 1. The molecule has 0 amide bonds. The Labute approximate surface area is 122 Å². The van der Waals surface area contributed by atoms with Crippen molar-refractivity contribution in [3.63, 3.8) is 0 Å². The van der Waals surface area contributed by atoms with Crippen LogP contribution in [-0.2, 0) is 12.8 Å². The highest BCUT2D eigenvalue weighted by atomic mass is 16.3. The summed E-state index contributed by atoms with van der Waals surface area (Å²) in [4.78, 5) is 0. The van der Waals surface area contributed by atoms with Gasteiger partial charge in [-0.1, -0.05) is 30.3 Å². The second kappa shape index (κ2) is 6.76. The van der Waals surface area contributed by atoms with E-state index in [-0.39, 0.29) is 5.54 Å². The van der Waals surface area contributed by atoms with E-state index in [4.69, 9.17) is 4.42 Å². The monoisotopic (exact) mass is 271 g/mol. The van der Waals surface area contributed by atoms with Crippen LogP contribution in [0.4, 0.5) is 0 Å². The van der Waals surface area contributed by atoms with E-state index in [1.165, 1.54) is 11.1 Å². The molecule has 1 heterocycles. The molecule has 1 N–H and O–H groups in total. The highest BCUT2D eigenvalue weighted by Gasteiger charge is 2.15. The Balaban J connectivity index is 1.99. The van der Waals surface area contributed by atoms with Gasteiger partial charge in [-0.15, -0.1) is 0 Å². The number of hydrogen-bond acceptors (Lipinski definition) is 2. The molecule has 2 nitrogen and oxygen atoms in total. The van der Waals surface area contributed by atoms with E-state index < -0.39 is 0 Å². The van der Waals surface area contributed by atoms with E-state index in [9.17, 15) is 0 Å². The summed E-state index contributed by atoms with van der Waals surface area (Å²) in [7, 11) is 0. The third-order valence-electron chi connectivity index (χ3n) is 3.39. The van der Waals surface area contributed by atoms with Gasteiger partial charge in [0.1, 0.15) is 0 Å². The third-order valence-corrected chi connectivity index (χ3v) is 3.39. The van der Waals surface area contributed by atoms with Crippen molar-refractivity contribution in [2.45, 2.75) is 39.2 Å². The van der Waals surface area contributed by atoms with Gasteiger partial charge in [0.25, 0.3) is 0 Å². The van der Waals surface area contributed by atoms with Crippen molar-refractivity contribution < 1.29 is 4.42 Å². The van der Waals surface area contributed by atoms with Crippen LogP contribution in [0.5, 0.6) is 0 Å². The first kappa shape index (κ1) is 14.9. The van der Waals surface area contributed by atoms with Crippen LogP contribution in [0.1, 0.15) is 31.9 Å². The standard InChI is InChI=1S/C18H25NO/c1-18(2,3)19-13-17(12-16-9-10-20-14-16)11-15-7-5-4-6-8-15/h4-10,14,17,19H,11-13H2,1-3H3. The van der Waals surface area contributed by atoms with Crippen molar-refractivity contribution in [1.82, 2.24) is 5.32 Å². The van der Waals surface area contributed by atoms with Crippen molar-refractivity contribution >= 4 is 0 Å². The molecule has 2 rings (SSSR count). The fourth-order valence-electron chi connectivity index (χ4n) is 2.36. The molecule has 0 bridgehead atoms. The Morgan fingerprint density at radius 2 is 1.70 bits per heavy atom. The van der Waals surface area contributed by atoms with Gasteiger partial charge in [0.15, 0.2) is 0 Å². The van der Waals surface area contributed by atoms with Crippen molar-refractivity contribution in [3.8, 4) is 0 Å². The summed E-state index contributed by atoms with van der Waals surface area (Å²) in [6, 6.07) is 12.8. The number of rotatable bonds is 6. The fraction of sp³-hybridized carbons (Fsp3) is 0.444. The first-order valence-electron chi connectivity index (χ1n) is 7.33. The molecule has 1 unspecified atom stereocenters. The molecule has 0 saturated heterocycles. The average molecular weight is 271 g/mol. The lowest BCUT2D eigenvalue weighted by molar-refractivity contribution is 0.366. The summed E-state index contributed by atoms with van der Waals surface area (Å²) in [5.41, 5.74) is 2.84. The Bertz CT molecular complexity index is 482. The first-order chi connectivity index (χ1) is 9.53. The quantitative estimate of drug-likeness (QED) is 0.856. The number of nitrogens with one attached hydrogen (secondary N) is 1. The minimum atomic E-state index is 0.158. The zero-order chi connectivity index (χ0) is 14.4. The van der Waals surface area contributed by atoms with Gasteiger partial charge in [-0.25, -0.2) is 0 Å². The van der Waals surface area contributed by atoms with Crippen LogP contribution in [0.25, 0.3) is 0 Å². The molecule has 20 heavy (non-hydrogen) atoms. The van der Waals surface area contributed by atoms with E-state index in [0.29, 0.717) is 5.92 Å². The minimum Gasteiger partial charge on any atom is -0.472 e. The van der Waals surface area contributed by atoms with Crippen LogP contribution in [0.2, 0.25) is 0 Å². The Morgan fingerprint density at radius 3 is 2.30 bits per heavy atom. The van der Waals surface area contributed by atoms with Crippen molar-refractivity contribution in [3.05, 3.63) is 60.1 Å². The van der Waals surface area contributed by atoms with E-state index in [1.54, 1.807) is 6.26 Å². The van der Waals surface area contributed by atoms with Crippen molar-refractivity contribution in [2.75, 3.05) is 6.54 Å². The maximum Gasteiger partial charge on any atom is 0.0934 e. The van der Waals surface area contributed by atoms with Gasteiger partial charge in [0.05, 0.1) is 12.5 Å². The van der Waals surface area contributed by atoms with Gasteiger partial charge < -0.3 is 9.73 Å². The van der Waals surface area contributed by atoms with Gasteiger partial charge in [0, 0.05) is 5.54 Å². The molecule has 2 heteroatoms. The molecule has 0 fully saturated rings. The minimum absolute atomic E-state index is 0.158. The summed E-state index contributed by atoms with van der Waals surface area (Å²) < 4.78 is 5.19. The molecular formula is C18H25NO. The molecular weight excluding hydrogens is 246 g/mol. The smallest absolute Gasteiger partial charge is 0.0934 e. The van der Waals surface area contributed by atoms with Gasteiger partial charge in [-0.05, 0) is 63.3 Å². The topological polar surface area (TPSA) is 25.2 Å². The summed E-state index contributed by atoms with van der Waals surface area (Å²) in [6.07, 6.45) is 5.75. The average Bonchev–Trinajstić information content (AvgIpc) is 2.89. The highest BCUT2D eigenvalue weighted by molar-refractivity contribution is 5.16. The van der Waals surface area contributed by atoms with Crippen molar-refractivity contribution in [1.29, 1.82) is 0 Å². The lowest BCUT2D eigenvalue weighted by Crippen LogP contribution is -2.40. The lowest BCUT2D eigenvalue weighted by Gasteiger charge is -2.25. The first-order valence-corrected chi connectivity index (χ1v) is 7.33. The van der Waals surface area contributed by atoms with Crippen LogP contribution >= 0.6 is 0 Å². The molecule has 0 radical (unpaired) electrons. The maximum atomic E-state index is 5.19. The summed E-state index contributed by atoms with van der Waals surface area (Å²) in [5.74, 6) is 0.578. The molecule has 1 atom stereocenters. The summed E-state index contributed by atoms with van der Waals surface area (Å²) in [6.45, 7) is 7.66. The number of hydrogen-bond donors (Lipinski definition) is 1.